The fourth-order valence-corrected chi connectivity index (χ4v) is 3.64. The van der Waals surface area contributed by atoms with Gasteiger partial charge in [-0.1, -0.05) is 25.1 Å². The van der Waals surface area contributed by atoms with Crippen LogP contribution in [0.15, 0.2) is 42.7 Å². The molecular formula is C16H19N3OS. The Hall–Kier alpha value is -1.75. The van der Waals surface area contributed by atoms with Crippen LogP contribution in [0.2, 0.25) is 0 Å². The standard InChI is InChI=1S/C16H19N3OS/c1-12-13(2)21-9-8-18(12)16(20)14-10-17-19(11-14)15-6-4-3-5-7-15/h3-7,10-13H,8-9H2,1-2H3/t12-,13-/m1/s1. The molecule has 0 N–H and O–H groups in total. The van der Waals surface area contributed by atoms with E-state index in [4.69, 9.17) is 0 Å². The Labute approximate surface area is 129 Å². The summed E-state index contributed by atoms with van der Waals surface area (Å²) in [5.41, 5.74) is 1.62. The third kappa shape index (κ3) is 2.83. The number of carbonyl (C=O) groups is 1. The summed E-state index contributed by atoms with van der Waals surface area (Å²) in [5.74, 6) is 1.08. The molecule has 2 aromatic rings. The second-order valence-corrected chi connectivity index (χ2v) is 6.81. The Morgan fingerprint density at radius 2 is 2.05 bits per heavy atom. The minimum atomic E-state index is 0.0804. The smallest absolute Gasteiger partial charge is 0.257 e. The number of nitrogens with zero attached hydrogens (tertiary/aromatic N) is 3. The van der Waals surface area contributed by atoms with E-state index in [0.717, 1.165) is 18.0 Å². The molecule has 1 aliphatic heterocycles. The number of thioether (sulfide) groups is 1. The minimum absolute atomic E-state index is 0.0804. The van der Waals surface area contributed by atoms with E-state index >= 15 is 0 Å². The maximum absolute atomic E-state index is 12.7. The highest BCUT2D eigenvalue weighted by molar-refractivity contribution is 8.00. The van der Waals surface area contributed by atoms with Gasteiger partial charge in [-0.05, 0) is 19.1 Å². The summed E-state index contributed by atoms with van der Waals surface area (Å²) in [5, 5.41) is 4.79. The van der Waals surface area contributed by atoms with Crippen molar-refractivity contribution in [3.8, 4) is 5.69 Å². The van der Waals surface area contributed by atoms with E-state index in [1.54, 1.807) is 10.9 Å². The van der Waals surface area contributed by atoms with Crippen molar-refractivity contribution in [2.45, 2.75) is 25.1 Å². The first-order valence-electron chi connectivity index (χ1n) is 7.19. The number of carbonyl (C=O) groups excluding carboxylic acids is 1. The molecule has 2 heterocycles. The van der Waals surface area contributed by atoms with Crippen LogP contribution < -0.4 is 0 Å². The first kappa shape index (κ1) is 14.2. The van der Waals surface area contributed by atoms with Crippen molar-refractivity contribution in [1.29, 1.82) is 0 Å². The fourth-order valence-electron chi connectivity index (χ4n) is 2.54. The van der Waals surface area contributed by atoms with Crippen molar-refractivity contribution in [3.63, 3.8) is 0 Å². The number of para-hydroxylation sites is 1. The normalized spacial score (nSPS) is 22.3. The van der Waals surface area contributed by atoms with Gasteiger partial charge in [0.2, 0.25) is 0 Å². The largest absolute Gasteiger partial charge is 0.334 e. The van der Waals surface area contributed by atoms with Crippen LogP contribution in [0.25, 0.3) is 5.69 Å². The van der Waals surface area contributed by atoms with Crippen LogP contribution in [0.4, 0.5) is 0 Å². The molecule has 5 heteroatoms. The molecule has 21 heavy (non-hydrogen) atoms. The third-order valence-corrected chi connectivity index (χ3v) is 5.33. The molecule has 4 nitrogen and oxygen atoms in total. The average molecular weight is 301 g/mol. The lowest BCUT2D eigenvalue weighted by Gasteiger charge is -2.37. The Morgan fingerprint density at radius 1 is 1.29 bits per heavy atom. The van der Waals surface area contributed by atoms with E-state index in [0.29, 0.717) is 10.8 Å². The number of hydrogen-bond acceptors (Lipinski definition) is 3. The molecule has 1 amide bonds. The molecule has 3 rings (SSSR count). The predicted molar refractivity (Wildman–Crippen MR) is 86.0 cm³/mol. The molecule has 1 saturated heterocycles. The molecule has 110 valence electrons. The highest BCUT2D eigenvalue weighted by Crippen LogP contribution is 2.25. The number of benzene rings is 1. The van der Waals surface area contributed by atoms with Crippen molar-refractivity contribution in [2.24, 2.45) is 0 Å². The molecule has 1 aromatic carbocycles. The van der Waals surface area contributed by atoms with E-state index in [9.17, 15) is 4.79 Å². The molecule has 0 spiro atoms. The lowest BCUT2D eigenvalue weighted by molar-refractivity contribution is 0.0698. The van der Waals surface area contributed by atoms with Crippen molar-refractivity contribution >= 4 is 17.7 Å². The van der Waals surface area contributed by atoms with Crippen LogP contribution >= 0.6 is 11.8 Å². The first-order valence-corrected chi connectivity index (χ1v) is 8.24. The molecule has 0 saturated carbocycles. The van der Waals surface area contributed by atoms with Gasteiger partial charge in [0.05, 0.1) is 17.4 Å². The van der Waals surface area contributed by atoms with Crippen LogP contribution in [0.1, 0.15) is 24.2 Å². The zero-order valence-corrected chi connectivity index (χ0v) is 13.1. The Balaban J connectivity index is 1.81. The number of aromatic nitrogens is 2. The first-order chi connectivity index (χ1) is 10.2. The second kappa shape index (κ2) is 5.93. The van der Waals surface area contributed by atoms with Gasteiger partial charge in [0.15, 0.2) is 0 Å². The predicted octanol–water partition coefficient (Wildman–Crippen LogP) is 2.84. The SMILES string of the molecule is C[C@@H]1[C@@H](C)SCCN1C(=O)c1cnn(-c2ccccc2)c1. The number of rotatable bonds is 2. The van der Waals surface area contributed by atoms with Gasteiger partial charge in [0.1, 0.15) is 0 Å². The topological polar surface area (TPSA) is 38.1 Å². The fraction of sp³-hybridized carbons (Fsp3) is 0.375. The highest BCUT2D eigenvalue weighted by atomic mass is 32.2. The molecule has 1 aromatic heterocycles. The number of hydrogen-bond donors (Lipinski definition) is 0. The minimum Gasteiger partial charge on any atom is -0.334 e. The monoisotopic (exact) mass is 301 g/mol. The maximum atomic E-state index is 12.7. The van der Waals surface area contributed by atoms with Gasteiger partial charge in [-0.2, -0.15) is 16.9 Å². The van der Waals surface area contributed by atoms with E-state index in [1.165, 1.54) is 0 Å². The molecule has 0 radical (unpaired) electrons. The zero-order valence-electron chi connectivity index (χ0n) is 12.3. The molecule has 1 aliphatic rings. The lowest BCUT2D eigenvalue weighted by Crippen LogP contribution is -2.47. The van der Waals surface area contributed by atoms with Gasteiger partial charge in [-0.15, -0.1) is 0 Å². The summed E-state index contributed by atoms with van der Waals surface area (Å²) >= 11 is 1.93. The van der Waals surface area contributed by atoms with Crippen molar-refractivity contribution in [1.82, 2.24) is 14.7 Å². The van der Waals surface area contributed by atoms with Gasteiger partial charge < -0.3 is 4.90 Å². The van der Waals surface area contributed by atoms with Crippen LogP contribution in [0, 0.1) is 0 Å². The average Bonchev–Trinajstić information content (AvgIpc) is 3.00. The van der Waals surface area contributed by atoms with Crippen LogP contribution in [-0.2, 0) is 0 Å². The molecular weight excluding hydrogens is 282 g/mol. The highest BCUT2D eigenvalue weighted by Gasteiger charge is 2.30. The lowest BCUT2D eigenvalue weighted by atomic mass is 10.2. The third-order valence-electron chi connectivity index (χ3n) is 4.00. The molecule has 0 unspecified atom stereocenters. The van der Waals surface area contributed by atoms with E-state index in [-0.39, 0.29) is 11.9 Å². The van der Waals surface area contributed by atoms with Crippen LogP contribution in [0.3, 0.4) is 0 Å². The zero-order chi connectivity index (χ0) is 14.8. The Bertz CT molecular complexity index is 625. The van der Waals surface area contributed by atoms with Gasteiger partial charge in [-0.25, -0.2) is 4.68 Å². The summed E-state index contributed by atoms with van der Waals surface area (Å²) in [7, 11) is 0. The quantitative estimate of drug-likeness (QED) is 0.856. The molecule has 1 fully saturated rings. The molecule has 0 bridgehead atoms. The summed E-state index contributed by atoms with van der Waals surface area (Å²) in [4.78, 5) is 14.6. The Kier molecular flexibility index (Phi) is 4.01. The molecule has 0 aliphatic carbocycles. The van der Waals surface area contributed by atoms with Gasteiger partial charge in [0, 0.05) is 29.8 Å². The van der Waals surface area contributed by atoms with E-state index in [2.05, 4.69) is 18.9 Å². The summed E-state index contributed by atoms with van der Waals surface area (Å²) in [6.07, 6.45) is 3.48. The van der Waals surface area contributed by atoms with Gasteiger partial charge >= 0.3 is 0 Å². The summed E-state index contributed by atoms with van der Waals surface area (Å²) in [6.45, 7) is 5.12. The summed E-state index contributed by atoms with van der Waals surface area (Å²) < 4.78 is 1.75. The second-order valence-electron chi connectivity index (χ2n) is 5.32. The van der Waals surface area contributed by atoms with Crippen molar-refractivity contribution < 1.29 is 4.79 Å². The van der Waals surface area contributed by atoms with Gasteiger partial charge in [0.25, 0.3) is 5.91 Å². The van der Waals surface area contributed by atoms with Crippen molar-refractivity contribution in [2.75, 3.05) is 12.3 Å². The number of amides is 1. The van der Waals surface area contributed by atoms with Crippen LogP contribution in [-0.4, -0.2) is 44.2 Å². The molecule has 2 atom stereocenters. The van der Waals surface area contributed by atoms with Crippen LogP contribution in [0.5, 0.6) is 0 Å². The summed E-state index contributed by atoms with van der Waals surface area (Å²) in [6, 6.07) is 10.1. The van der Waals surface area contributed by atoms with E-state index in [1.807, 2.05) is 53.2 Å². The van der Waals surface area contributed by atoms with Crippen molar-refractivity contribution in [3.05, 3.63) is 48.3 Å². The van der Waals surface area contributed by atoms with E-state index < -0.39 is 0 Å². The Morgan fingerprint density at radius 3 is 2.81 bits per heavy atom. The maximum Gasteiger partial charge on any atom is 0.257 e. The van der Waals surface area contributed by atoms with Gasteiger partial charge in [-0.3, -0.25) is 4.79 Å².